The van der Waals surface area contributed by atoms with E-state index in [1.54, 1.807) is 0 Å². The van der Waals surface area contributed by atoms with Crippen molar-refractivity contribution in [2.24, 2.45) is 17.8 Å². The Morgan fingerprint density at radius 2 is 0.543 bits per heavy atom. The lowest BCUT2D eigenvalue weighted by molar-refractivity contribution is -0.161. The molecular weight excluding hydrogens is 1230 g/mol. The molecule has 0 saturated carbocycles. The SMILES string of the molecule is CCCCCCCCCCCCCCCCCCCCCC(=O)O[C@H](COC(=O)CCCCCCCCCCCCCC(C)C)COP(=O)(O)OC[C@@H](O)COP(=O)(O)OC[C@@H](COC(=O)CCCCCCCCC(C)C)OC(=O)CCCCCCCCCCC(C)CC. The molecule has 0 aliphatic heterocycles. The van der Waals surface area contributed by atoms with E-state index in [-0.39, 0.29) is 25.7 Å². The lowest BCUT2D eigenvalue weighted by Crippen LogP contribution is -2.30. The molecule has 0 amide bonds. The van der Waals surface area contributed by atoms with E-state index in [2.05, 4.69) is 48.5 Å². The van der Waals surface area contributed by atoms with Gasteiger partial charge >= 0.3 is 39.5 Å². The number of rotatable bonds is 73. The van der Waals surface area contributed by atoms with Crippen molar-refractivity contribution in [1.82, 2.24) is 0 Å². The number of ether oxygens (including phenoxy) is 4. The van der Waals surface area contributed by atoms with Crippen molar-refractivity contribution in [2.75, 3.05) is 39.6 Å². The van der Waals surface area contributed by atoms with E-state index in [0.717, 1.165) is 108 Å². The zero-order chi connectivity index (χ0) is 69.4. The van der Waals surface area contributed by atoms with E-state index < -0.39 is 97.5 Å². The number of carbonyl (C=O) groups excluding carboxylic acids is 4. The third kappa shape index (κ3) is 67.3. The van der Waals surface area contributed by atoms with Crippen LogP contribution in [0.2, 0.25) is 0 Å². The van der Waals surface area contributed by atoms with E-state index in [1.165, 1.54) is 186 Å². The van der Waals surface area contributed by atoms with Gasteiger partial charge in [0.25, 0.3) is 0 Å². The number of hydrogen-bond acceptors (Lipinski definition) is 15. The van der Waals surface area contributed by atoms with Crippen LogP contribution >= 0.6 is 15.6 Å². The molecule has 0 saturated heterocycles. The van der Waals surface area contributed by atoms with Gasteiger partial charge in [-0.25, -0.2) is 9.13 Å². The average Bonchev–Trinajstić information content (AvgIpc) is 3.71. The van der Waals surface area contributed by atoms with Crippen LogP contribution in [0.5, 0.6) is 0 Å². The fourth-order valence-electron chi connectivity index (χ4n) is 11.4. The highest BCUT2D eigenvalue weighted by molar-refractivity contribution is 7.47. The second-order valence-corrected chi connectivity index (χ2v) is 31.1. The summed E-state index contributed by atoms with van der Waals surface area (Å²) in [5.41, 5.74) is 0. The molecule has 0 spiro atoms. The Kier molecular flexibility index (Phi) is 64.3. The summed E-state index contributed by atoms with van der Waals surface area (Å²) in [6.45, 7) is 11.8. The number of esters is 4. The average molecular weight is 1380 g/mol. The highest BCUT2D eigenvalue weighted by Crippen LogP contribution is 2.45. The summed E-state index contributed by atoms with van der Waals surface area (Å²) in [5, 5.41) is 10.6. The second-order valence-electron chi connectivity index (χ2n) is 28.2. The van der Waals surface area contributed by atoms with E-state index in [9.17, 15) is 43.2 Å². The molecule has 6 atom stereocenters. The molecule has 0 aliphatic rings. The van der Waals surface area contributed by atoms with E-state index in [0.29, 0.717) is 31.6 Å². The Morgan fingerprint density at radius 3 is 0.809 bits per heavy atom. The summed E-state index contributed by atoms with van der Waals surface area (Å²) in [4.78, 5) is 72.7. The quantitative estimate of drug-likeness (QED) is 0.0222. The molecule has 0 aromatic carbocycles. The zero-order valence-electron chi connectivity index (χ0n) is 61.4. The molecule has 19 heteroatoms. The molecule has 0 heterocycles. The second kappa shape index (κ2) is 65.7. The lowest BCUT2D eigenvalue weighted by Gasteiger charge is -2.21. The van der Waals surface area contributed by atoms with Crippen molar-refractivity contribution in [3.8, 4) is 0 Å². The fourth-order valence-corrected chi connectivity index (χ4v) is 13.0. The van der Waals surface area contributed by atoms with Crippen LogP contribution in [0.15, 0.2) is 0 Å². The van der Waals surface area contributed by atoms with E-state index in [1.807, 2.05) is 0 Å². The van der Waals surface area contributed by atoms with Crippen LogP contribution in [-0.2, 0) is 65.4 Å². The Balaban J connectivity index is 5.23. The summed E-state index contributed by atoms with van der Waals surface area (Å²) >= 11 is 0. The van der Waals surface area contributed by atoms with Gasteiger partial charge in [-0.05, 0) is 43.4 Å². The first-order chi connectivity index (χ1) is 45.3. The van der Waals surface area contributed by atoms with Crippen LogP contribution < -0.4 is 0 Å². The van der Waals surface area contributed by atoms with Crippen LogP contribution in [0.3, 0.4) is 0 Å². The molecular formula is C75H146O17P2. The highest BCUT2D eigenvalue weighted by atomic mass is 31.2. The number of hydrogen-bond donors (Lipinski definition) is 3. The van der Waals surface area contributed by atoms with Gasteiger partial charge in [0.1, 0.15) is 19.3 Å². The van der Waals surface area contributed by atoms with Crippen molar-refractivity contribution < 1.29 is 80.2 Å². The first-order valence-electron chi connectivity index (χ1n) is 38.9. The van der Waals surface area contributed by atoms with E-state index in [4.69, 9.17) is 37.0 Å². The van der Waals surface area contributed by atoms with Crippen molar-refractivity contribution in [2.45, 2.75) is 401 Å². The first kappa shape index (κ1) is 92.1. The summed E-state index contributed by atoms with van der Waals surface area (Å²) in [5.74, 6) is 0.0969. The standard InChI is InChI=1S/C75H146O17P2/c1-8-10-11-12-13-14-15-16-17-18-19-20-21-22-25-29-35-44-51-58-74(79)91-70(62-85-72(77)56-49-42-34-28-26-23-24-27-32-39-46-53-66(3)4)64-89-93(81,82)87-60-69(76)61-88-94(83,84)90-65-71(63-86-73(78)57-50-43-38-37-40-47-54-67(5)6)92-75(80)59-52-45-36-31-30-33-41-48-55-68(7)9-2/h66-71,76H,8-65H2,1-7H3,(H,81,82)(H,83,84)/t68?,69-,70-,71-/m1/s1. The molecule has 0 aromatic rings. The van der Waals surface area contributed by atoms with Crippen molar-refractivity contribution >= 4 is 39.5 Å². The fraction of sp³-hybridized carbons (Fsp3) is 0.947. The van der Waals surface area contributed by atoms with Gasteiger partial charge in [-0.1, -0.05) is 331 Å². The molecule has 94 heavy (non-hydrogen) atoms. The smallest absolute Gasteiger partial charge is 0.462 e. The molecule has 558 valence electrons. The number of carbonyl (C=O) groups is 4. The zero-order valence-corrected chi connectivity index (χ0v) is 63.2. The van der Waals surface area contributed by atoms with Crippen molar-refractivity contribution in [3.05, 3.63) is 0 Å². The predicted molar refractivity (Wildman–Crippen MR) is 381 cm³/mol. The van der Waals surface area contributed by atoms with Crippen LogP contribution in [0.1, 0.15) is 382 Å². The van der Waals surface area contributed by atoms with Gasteiger partial charge in [-0.15, -0.1) is 0 Å². The van der Waals surface area contributed by atoms with Crippen molar-refractivity contribution in [1.29, 1.82) is 0 Å². The van der Waals surface area contributed by atoms with Crippen LogP contribution in [0, 0.1) is 17.8 Å². The number of aliphatic hydroxyl groups is 1. The van der Waals surface area contributed by atoms with Gasteiger partial charge in [-0.3, -0.25) is 37.3 Å². The number of unbranched alkanes of at least 4 members (excludes halogenated alkanes) is 40. The number of phosphoric ester groups is 2. The minimum absolute atomic E-state index is 0.104. The highest BCUT2D eigenvalue weighted by Gasteiger charge is 2.30. The Hall–Kier alpha value is -1.94. The van der Waals surface area contributed by atoms with Crippen molar-refractivity contribution in [3.63, 3.8) is 0 Å². The van der Waals surface area contributed by atoms with Gasteiger partial charge in [0.15, 0.2) is 12.2 Å². The maximum atomic E-state index is 13.1. The molecule has 0 fully saturated rings. The molecule has 3 N–H and O–H groups in total. The summed E-state index contributed by atoms with van der Waals surface area (Å²) in [7, 11) is -9.91. The number of aliphatic hydroxyl groups excluding tert-OH is 1. The maximum Gasteiger partial charge on any atom is 0.472 e. The topological polar surface area (TPSA) is 237 Å². The minimum atomic E-state index is -4.96. The van der Waals surface area contributed by atoms with Gasteiger partial charge < -0.3 is 33.8 Å². The monoisotopic (exact) mass is 1380 g/mol. The van der Waals surface area contributed by atoms with E-state index >= 15 is 0 Å². The van der Waals surface area contributed by atoms with Gasteiger partial charge in [0.2, 0.25) is 0 Å². The normalized spacial score (nSPS) is 14.4. The largest absolute Gasteiger partial charge is 0.472 e. The Bertz CT molecular complexity index is 1840. The van der Waals surface area contributed by atoms with Gasteiger partial charge in [-0.2, -0.15) is 0 Å². The summed E-state index contributed by atoms with van der Waals surface area (Å²) < 4.78 is 68.4. The minimum Gasteiger partial charge on any atom is -0.462 e. The molecule has 0 aromatic heterocycles. The lowest BCUT2D eigenvalue weighted by atomic mass is 9.99. The third-order valence-corrected chi connectivity index (χ3v) is 19.6. The van der Waals surface area contributed by atoms with Gasteiger partial charge in [0.05, 0.1) is 26.4 Å². The maximum absolute atomic E-state index is 13.1. The Morgan fingerprint density at radius 1 is 0.309 bits per heavy atom. The molecule has 0 rings (SSSR count). The Labute approximate surface area is 575 Å². The summed E-state index contributed by atoms with van der Waals surface area (Å²) in [6.07, 6.45) is 51.5. The van der Waals surface area contributed by atoms with Gasteiger partial charge in [0, 0.05) is 25.7 Å². The molecule has 0 bridgehead atoms. The van der Waals surface area contributed by atoms with Crippen LogP contribution in [0.4, 0.5) is 0 Å². The van der Waals surface area contributed by atoms with Crippen LogP contribution in [0.25, 0.3) is 0 Å². The summed E-state index contributed by atoms with van der Waals surface area (Å²) in [6, 6.07) is 0. The van der Waals surface area contributed by atoms with Crippen LogP contribution in [-0.4, -0.2) is 96.7 Å². The molecule has 0 radical (unpaired) electrons. The first-order valence-corrected chi connectivity index (χ1v) is 41.9. The third-order valence-electron chi connectivity index (χ3n) is 17.7. The molecule has 17 nitrogen and oxygen atoms in total. The number of phosphoric acid groups is 2. The predicted octanol–water partition coefficient (Wildman–Crippen LogP) is 21.8. The molecule has 3 unspecified atom stereocenters. The molecule has 0 aliphatic carbocycles.